The average molecular weight is 531 g/mol. The summed E-state index contributed by atoms with van der Waals surface area (Å²) < 4.78 is 31.0. The predicted molar refractivity (Wildman–Crippen MR) is 153 cm³/mol. The highest BCUT2D eigenvalue weighted by Gasteiger charge is 2.45. The molecular formula is C30H62O5Si. The molecule has 0 spiro atoms. The Bertz CT molecular complexity index is 402. The maximum atomic E-state index is 6.41. The van der Waals surface area contributed by atoms with Crippen molar-refractivity contribution in [3.63, 3.8) is 0 Å². The largest absolute Gasteiger partial charge is 0.679 e. The van der Waals surface area contributed by atoms with Crippen LogP contribution in [0.5, 0.6) is 0 Å². The minimum Gasteiger partial charge on any atom is -0.373 e. The molecule has 0 aliphatic carbocycles. The second-order valence-electron chi connectivity index (χ2n) is 10.6. The maximum absolute atomic E-state index is 6.41. The van der Waals surface area contributed by atoms with Crippen LogP contribution in [0.4, 0.5) is 0 Å². The second-order valence-corrected chi connectivity index (χ2v) is 12.8. The zero-order valence-electron chi connectivity index (χ0n) is 24.5. The number of epoxide rings is 1. The highest BCUT2D eigenvalue weighted by Crippen LogP contribution is 2.20. The van der Waals surface area contributed by atoms with Crippen LogP contribution in [-0.4, -0.2) is 48.2 Å². The molecule has 1 unspecified atom stereocenters. The van der Waals surface area contributed by atoms with E-state index < -0.39 is 9.05 Å². The summed E-state index contributed by atoms with van der Waals surface area (Å²) in [4.78, 5) is 0. The van der Waals surface area contributed by atoms with E-state index in [0.717, 1.165) is 45.1 Å². The van der Waals surface area contributed by atoms with Crippen LogP contribution < -0.4 is 0 Å². The van der Waals surface area contributed by atoms with Crippen LogP contribution in [0.15, 0.2) is 0 Å². The van der Waals surface area contributed by atoms with E-state index in [-0.39, 0.29) is 0 Å². The fourth-order valence-corrected chi connectivity index (χ4v) is 6.47. The van der Waals surface area contributed by atoms with Crippen LogP contribution in [0.25, 0.3) is 0 Å². The van der Waals surface area contributed by atoms with E-state index in [1.165, 1.54) is 96.3 Å². The molecule has 1 aliphatic rings. The van der Waals surface area contributed by atoms with Crippen molar-refractivity contribution in [2.24, 2.45) is 0 Å². The first kappa shape index (κ1) is 34.0. The Morgan fingerprint density at radius 1 is 0.472 bits per heavy atom. The van der Waals surface area contributed by atoms with E-state index in [0.29, 0.717) is 32.5 Å². The van der Waals surface area contributed by atoms with Crippen molar-refractivity contribution >= 4 is 9.05 Å². The first-order valence-electron chi connectivity index (χ1n) is 15.9. The van der Waals surface area contributed by atoms with Crippen LogP contribution in [0, 0.1) is 0 Å². The third-order valence-corrected chi connectivity index (χ3v) is 9.16. The molecule has 0 aromatic carbocycles. The summed E-state index contributed by atoms with van der Waals surface area (Å²) in [6, 6.07) is 0. The van der Waals surface area contributed by atoms with Crippen molar-refractivity contribution in [1.82, 2.24) is 0 Å². The SMILES string of the molecule is CCCCCCCCO[Si](OCCCCCCCC)(OCCCCCCCC)OCCCCC1CO1. The molecule has 0 aromatic heterocycles. The minimum atomic E-state index is -3.11. The number of hydrogen-bond acceptors (Lipinski definition) is 5. The first-order valence-corrected chi connectivity index (χ1v) is 17.6. The van der Waals surface area contributed by atoms with Crippen LogP contribution in [0.3, 0.4) is 0 Å². The summed E-state index contributed by atoms with van der Waals surface area (Å²) in [6.07, 6.45) is 26.2. The van der Waals surface area contributed by atoms with E-state index in [4.69, 9.17) is 22.4 Å². The molecule has 1 aliphatic heterocycles. The lowest BCUT2D eigenvalue weighted by molar-refractivity contribution is -0.0375. The molecular weight excluding hydrogens is 468 g/mol. The quantitative estimate of drug-likeness (QED) is 0.0526. The molecule has 36 heavy (non-hydrogen) atoms. The lowest BCUT2D eigenvalue weighted by Gasteiger charge is -2.28. The molecule has 5 nitrogen and oxygen atoms in total. The van der Waals surface area contributed by atoms with Gasteiger partial charge in [0.2, 0.25) is 0 Å². The lowest BCUT2D eigenvalue weighted by atomic mass is 10.1. The van der Waals surface area contributed by atoms with Gasteiger partial charge in [-0.05, 0) is 38.5 Å². The van der Waals surface area contributed by atoms with Gasteiger partial charge in [0.05, 0.1) is 12.7 Å². The molecule has 0 saturated carbocycles. The molecule has 1 saturated heterocycles. The third-order valence-electron chi connectivity index (χ3n) is 6.93. The van der Waals surface area contributed by atoms with Crippen LogP contribution >= 0.6 is 0 Å². The predicted octanol–water partition coefficient (Wildman–Crippen LogP) is 9.14. The topological polar surface area (TPSA) is 49.5 Å². The Hall–Kier alpha value is 0.0169. The molecule has 1 rings (SSSR count). The van der Waals surface area contributed by atoms with E-state index in [9.17, 15) is 0 Å². The summed E-state index contributed by atoms with van der Waals surface area (Å²) in [5.74, 6) is 0. The van der Waals surface area contributed by atoms with Gasteiger partial charge in [0.1, 0.15) is 0 Å². The first-order chi connectivity index (χ1) is 17.8. The third kappa shape index (κ3) is 21.0. The number of unbranched alkanes of at least 4 members (excludes halogenated alkanes) is 16. The highest BCUT2D eigenvalue weighted by atomic mass is 28.4. The standard InChI is InChI=1S/C30H62O5Si/c1-4-7-10-13-16-20-25-32-36(33-26-21-17-14-11-8-5-2,34-27-22-18-15-12-9-6-3)35-28-23-19-24-30-29-31-30/h30H,4-29H2,1-3H3. The Balaban J connectivity index is 2.52. The molecule has 1 atom stereocenters. The summed E-state index contributed by atoms with van der Waals surface area (Å²) in [7, 11) is -3.11. The van der Waals surface area contributed by atoms with Gasteiger partial charge in [-0.2, -0.15) is 0 Å². The lowest BCUT2D eigenvalue weighted by Crippen LogP contribution is -2.50. The van der Waals surface area contributed by atoms with E-state index in [2.05, 4.69) is 20.8 Å². The van der Waals surface area contributed by atoms with Crippen LogP contribution in [0.2, 0.25) is 0 Å². The molecule has 0 aromatic rings. The zero-order valence-corrected chi connectivity index (χ0v) is 25.5. The summed E-state index contributed by atoms with van der Waals surface area (Å²) in [5.41, 5.74) is 0. The Morgan fingerprint density at radius 3 is 1.11 bits per heavy atom. The van der Waals surface area contributed by atoms with E-state index >= 15 is 0 Å². The van der Waals surface area contributed by atoms with Gasteiger partial charge in [-0.1, -0.05) is 117 Å². The Labute approximate surface area is 226 Å². The molecule has 0 amide bonds. The molecule has 0 radical (unpaired) electrons. The summed E-state index contributed by atoms with van der Waals surface area (Å²) in [6.45, 7) is 10.4. The minimum absolute atomic E-state index is 0.490. The van der Waals surface area contributed by atoms with Gasteiger partial charge in [0.25, 0.3) is 0 Å². The van der Waals surface area contributed by atoms with Gasteiger partial charge in [0.15, 0.2) is 0 Å². The van der Waals surface area contributed by atoms with Crippen molar-refractivity contribution in [2.45, 2.75) is 162 Å². The second kappa shape index (κ2) is 25.3. The molecule has 216 valence electrons. The van der Waals surface area contributed by atoms with Gasteiger partial charge in [-0.3, -0.25) is 0 Å². The number of hydrogen-bond donors (Lipinski definition) is 0. The molecule has 0 bridgehead atoms. The Morgan fingerprint density at radius 2 is 0.778 bits per heavy atom. The fraction of sp³-hybridized carbons (Fsp3) is 1.00. The molecule has 6 heteroatoms. The average Bonchev–Trinajstić information content (AvgIpc) is 3.71. The van der Waals surface area contributed by atoms with Crippen molar-refractivity contribution in [2.75, 3.05) is 33.0 Å². The van der Waals surface area contributed by atoms with Crippen molar-refractivity contribution in [3.8, 4) is 0 Å². The molecule has 0 N–H and O–H groups in total. The van der Waals surface area contributed by atoms with Crippen LogP contribution in [0.1, 0.15) is 156 Å². The van der Waals surface area contributed by atoms with Crippen LogP contribution in [-0.2, 0) is 22.4 Å². The highest BCUT2D eigenvalue weighted by molar-refractivity contribution is 6.53. The number of ether oxygens (including phenoxy) is 1. The Kier molecular flexibility index (Phi) is 23.9. The number of rotatable bonds is 30. The van der Waals surface area contributed by atoms with E-state index in [1.54, 1.807) is 0 Å². The smallest absolute Gasteiger partial charge is 0.373 e. The maximum Gasteiger partial charge on any atom is 0.679 e. The zero-order chi connectivity index (χ0) is 26.0. The van der Waals surface area contributed by atoms with Gasteiger partial charge in [0, 0.05) is 26.4 Å². The van der Waals surface area contributed by atoms with Crippen molar-refractivity contribution < 1.29 is 22.4 Å². The summed E-state index contributed by atoms with van der Waals surface area (Å²) in [5, 5.41) is 0. The van der Waals surface area contributed by atoms with Crippen molar-refractivity contribution in [1.29, 1.82) is 0 Å². The van der Waals surface area contributed by atoms with Gasteiger partial charge >= 0.3 is 9.05 Å². The van der Waals surface area contributed by atoms with E-state index in [1.807, 2.05) is 0 Å². The normalized spacial score (nSPS) is 15.6. The van der Waals surface area contributed by atoms with Gasteiger partial charge in [-0.15, -0.1) is 0 Å². The molecule has 1 fully saturated rings. The monoisotopic (exact) mass is 530 g/mol. The van der Waals surface area contributed by atoms with Crippen molar-refractivity contribution in [3.05, 3.63) is 0 Å². The summed E-state index contributed by atoms with van der Waals surface area (Å²) >= 11 is 0. The van der Waals surface area contributed by atoms with Gasteiger partial charge in [-0.25, -0.2) is 0 Å². The molecule has 1 heterocycles. The van der Waals surface area contributed by atoms with Gasteiger partial charge < -0.3 is 22.4 Å². The fourth-order valence-electron chi connectivity index (χ4n) is 4.39.